The molecule has 1 N–H and O–H groups in total. The molecule has 1 aliphatic carbocycles. The fourth-order valence-corrected chi connectivity index (χ4v) is 2.40. The van der Waals surface area contributed by atoms with Crippen molar-refractivity contribution < 1.29 is 5.11 Å². The van der Waals surface area contributed by atoms with Crippen LogP contribution in [-0.4, -0.2) is 21.0 Å². The maximum atomic E-state index is 8.98. The Bertz CT molecular complexity index is 390. The van der Waals surface area contributed by atoms with Gasteiger partial charge in [-0.05, 0) is 30.2 Å². The summed E-state index contributed by atoms with van der Waals surface area (Å²) in [4.78, 5) is 0. The minimum Gasteiger partial charge on any atom is -0.393 e. The Morgan fingerprint density at radius 1 is 1.16 bits per heavy atom. The van der Waals surface area contributed by atoms with Crippen LogP contribution in [0.5, 0.6) is 0 Å². The van der Waals surface area contributed by atoms with Crippen molar-refractivity contribution in [1.29, 1.82) is 0 Å². The van der Waals surface area contributed by atoms with Crippen LogP contribution in [0.3, 0.4) is 0 Å². The monoisotopic (exact) mass is 266 g/mol. The van der Waals surface area contributed by atoms with E-state index in [1.165, 1.54) is 5.69 Å². The summed E-state index contributed by atoms with van der Waals surface area (Å²) in [6.45, 7) is 13.3. The average molecular weight is 266 g/mol. The molecule has 1 aromatic heterocycles. The van der Waals surface area contributed by atoms with E-state index in [2.05, 4.69) is 52.7 Å². The van der Waals surface area contributed by atoms with Crippen molar-refractivity contribution >= 4 is 0 Å². The number of hydrogen-bond donors (Lipinski definition) is 1. The number of aliphatic hydroxyl groups is 1. The Morgan fingerprint density at radius 3 is 1.84 bits per heavy atom. The summed E-state index contributed by atoms with van der Waals surface area (Å²) >= 11 is 0. The maximum Gasteiger partial charge on any atom is 0.0546 e. The van der Waals surface area contributed by atoms with E-state index in [-0.39, 0.29) is 11.5 Å². The van der Waals surface area contributed by atoms with Gasteiger partial charge in [0.1, 0.15) is 0 Å². The van der Waals surface area contributed by atoms with Crippen molar-refractivity contribution in [2.45, 2.75) is 65.9 Å². The standard InChI is InChI=1S/C8H14N2.C8H16O/c1-8(2,3)7-5-6-9-10(7)4;1-8(2,3)6-4-7(9)5-6/h5-6H,1-4H3;6-7,9H,4-5H2,1-3H3. The van der Waals surface area contributed by atoms with Gasteiger partial charge in [-0.3, -0.25) is 4.68 Å². The number of nitrogens with zero attached hydrogens (tertiary/aromatic N) is 2. The van der Waals surface area contributed by atoms with Crippen molar-refractivity contribution in [1.82, 2.24) is 9.78 Å². The Balaban J connectivity index is 0.000000191. The molecule has 19 heavy (non-hydrogen) atoms. The van der Waals surface area contributed by atoms with E-state index in [0.29, 0.717) is 5.41 Å². The molecule has 0 unspecified atom stereocenters. The average Bonchev–Trinajstić information content (AvgIpc) is 2.58. The minimum absolute atomic E-state index is 0.00854. The van der Waals surface area contributed by atoms with Gasteiger partial charge in [0, 0.05) is 24.4 Å². The first-order valence-corrected chi connectivity index (χ1v) is 7.18. The first-order chi connectivity index (χ1) is 8.51. The molecule has 0 atom stereocenters. The van der Waals surface area contributed by atoms with Crippen molar-refractivity contribution in [3.8, 4) is 0 Å². The summed E-state index contributed by atoms with van der Waals surface area (Å²) < 4.78 is 1.92. The van der Waals surface area contributed by atoms with E-state index in [9.17, 15) is 0 Å². The van der Waals surface area contributed by atoms with Gasteiger partial charge >= 0.3 is 0 Å². The predicted octanol–water partition coefficient (Wildman–Crippen LogP) is 3.52. The molecule has 1 fully saturated rings. The zero-order valence-corrected chi connectivity index (χ0v) is 13.6. The van der Waals surface area contributed by atoms with Crippen molar-refractivity contribution in [3.63, 3.8) is 0 Å². The lowest BCUT2D eigenvalue weighted by atomic mass is 9.67. The van der Waals surface area contributed by atoms with Crippen LogP contribution in [0.25, 0.3) is 0 Å². The van der Waals surface area contributed by atoms with Crippen LogP contribution < -0.4 is 0 Å². The second-order valence-electron chi connectivity index (χ2n) is 7.78. The zero-order chi connectivity index (χ0) is 14.8. The van der Waals surface area contributed by atoms with Gasteiger partial charge < -0.3 is 5.11 Å². The maximum absolute atomic E-state index is 8.98. The number of aliphatic hydroxyl groups excluding tert-OH is 1. The first-order valence-electron chi connectivity index (χ1n) is 7.18. The van der Waals surface area contributed by atoms with Crippen molar-refractivity contribution in [3.05, 3.63) is 18.0 Å². The third kappa shape index (κ3) is 4.64. The molecule has 0 saturated heterocycles. The van der Waals surface area contributed by atoms with Crippen LogP contribution in [0.4, 0.5) is 0 Å². The molecule has 1 aromatic rings. The summed E-state index contributed by atoms with van der Waals surface area (Å²) in [7, 11) is 1.97. The molecule has 2 rings (SSSR count). The third-order valence-corrected chi connectivity index (χ3v) is 3.93. The molecule has 0 bridgehead atoms. The quantitative estimate of drug-likeness (QED) is 0.780. The number of aromatic nitrogens is 2. The highest BCUT2D eigenvalue weighted by atomic mass is 16.3. The fraction of sp³-hybridized carbons (Fsp3) is 0.812. The molecule has 1 heterocycles. The van der Waals surface area contributed by atoms with Gasteiger partial charge in [0.05, 0.1) is 6.10 Å². The molecule has 1 aliphatic rings. The number of aryl methyl sites for hydroxylation is 1. The second-order valence-corrected chi connectivity index (χ2v) is 7.78. The lowest BCUT2D eigenvalue weighted by Crippen LogP contribution is -2.37. The lowest BCUT2D eigenvalue weighted by Gasteiger charge is -2.41. The molecular weight excluding hydrogens is 236 g/mol. The molecular formula is C16H30N2O. The van der Waals surface area contributed by atoms with Crippen LogP contribution in [0.2, 0.25) is 0 Å². The molecule has 0 aromatic carbocycles. The largest absolute Gasteiger partial charge is 0.393 e. The van der Waals surface area contributed by atoms with E-state index in [1.54, 1.807) is 0 Å². The topological polar surface area (TPSA) is 38.0 Å². The molecule has 0 radical (unpaired) electrons. The van der Waals surface area contributed by atoms with Gasteiger partial charge in [-0.1, -0.05) is 41.5 Å². The zero-order valence-electron chi connectivity index (χ0n) is 13.6. The summed E-state index contributed by atoms with van der Waals surface area (Å²) in [5.74, 6) is 0.757. The molecule has 110 valence electrons. The predicted molar refractivity (Wildman–Crippen MR) is 80.1 cm³/mol. The molecule has 0 spiro atoms. The summed E-state index contributed by atoms with van der Waals surface area (Å²) in [6, 6.07) is 2.06. The van der Waals surface area contributed by atoms with Crippen LogP contribution in [0, 0.1) is 11.3 Å². The second kappa shape index (κ2) is 5.66. The Morgan fingerprint density at radius 2 is 1.68 bits per heavy atom. The fourth-order valence-electron chi connectivity index (χ4n) is 2.40. The van der Waals surface area contributed by atoms with Gasteiger partial charge in [-0.25, -0.2) is 0 Å². The van der Waals surface area contributed by atoms with E-state index >= 15 is 0 Å². The van der Waals surface area contributed by atoms with Crippen LogP contribution in [-0.2, 0) is 12.5 Å². The summed E-state index contributed by atoms with van der Waals surface area (Å²) in [6.07, 6.45) is 3.88. The van der Waals surface area contributed by atoms with Gasteiger partial charge in [-0.2, -0.15) is 5.10 Å². The van der Waals surface area contributed by atoms with E-state index in [0.717, 1.165) is 18.8 Å². The minimum atomic E-state index is 0.00854. The third-order valence-electron chi connectivity index (χ3n) is 3.93. The van der Waals surface area contributed by atoms with Gasteiger partial charge in [0.15, 0.2) is 0 Å². The summed E-state index contributed by atoms with van der Waals surface area (Å²) in [5.41, 5.74) is 1.90. The molecule has 3 heteroatoms. The van der Waals surface area contributed by atoms with Crippen molar-refractivity contribution in [2.24, 2.45) is 18.4 Å². The normalized spacial score (nSPS) is 23.4. The highest BCUT2D eigenvalue weighted by molar-refractivity contribution is 5.11. The number of hydrogen-bond acceptors (Lipinski definition) is 2. The van der Waals surface area contributed by atoms with Crippen LogP contribution >= 0.6 is 0 Å². The van der Waals surface area contributed by atoms with Gasteiger partial charge in [0.2, 0.25) is 0 Å². The number of rotatable bonds is 0. The Labute approximate surface area is 118 Å². The highest BCUT2D eigenvalue weighted by Gasteiger charge is 2.35. The highest BCUT2D eigenvalue weighted by Crippen LogP contribution is 2.41. The smallest absolute Gasteiger partial charge is 0.0546 e. The molecule has 1 saturated carbocycles. The van der Waals surface area contributed by atoms with Gasteiger partial charge in [0.25, 0.3) is 0 Å². The molecule has 0 aliphatic heterocycles. The van der Waals surface area contributed by atoms with E-state index < -0.39 is 0 Å². The van der Waals surface area contributed by atoms with E-state index in [4.69, 9.17) is 5.11 Å². The summed E-state index contributed by atoms with van der Waals surface area (Å²) in [5, 5.41) is 13.1. The first kappa shape index (κ1) is 16.2. The Kier molecular flexibility index (Phi) is 4.83. The van der Waals surface area contributed by atoms with Crippen LogP contribution in [0.1, 0.15) is 60.1 Å². The van der Waals surface area contributed by atoms with Crippen LogP contribution in [0.15, 0.2) is 12.3 Å². The Hall–Kier alpha value is -0.830. The van der Waals surface area contributed by atoms with Gasteiger partial charge in [-0.15, -0.1) is 0 Å². The lowest BCUT2D eigenvalue weighted by molar-refractivity contribution is -0.00927. The van der Waals surface area contributed by atoms with Crippen molar-refractivity contribution in [2.75, 3.05) is 0 Å². The molecule has 0 amide bonds. The molecule has 3 nitrogen and oxygen atoms in total. The van der Waals surface area contributed by atoms with E-state index in [1.807, 2.05) is 17.9 Å². The SMILES string of the molecule is CC(C)(C)C1CC(O)C1.Cn1nccc1C(C)(C)C.